The molecule has 1 aromatic carbocycles. The first-order valence-electron chi connectivity index (χ1n) is 5.06. The molecule has 0 heterocycles. The predicted molar refractivity (Wildman–Crippen MR) is 69.7 cm³/mol. The zero-order chi connectivity index (χ0) is 12.1. The van der Waals surface area contributed by atoms with Gasteiger partial charge in [0, 0.05) is 6.54 Å². The SMILES string of the molecule is COc1ccc(NCC(C)CN)c(Cl)c1Cl. The lowest BCUT2D eigenvalue weighted by molar-refractivity contribution is 0.415. The van der Waals surface area contributed by atoms with Crippen LogP contribution in [-0.2, 0) is 0 Å². The molecule has 1 unspecified atom stereocenters. The number of hydrogen-bond acceptors (Lipinski definition) is 3. The van der Waals surface area contributed by atoms with E-state index in [-0.39, 0.29) is 0 Å². The van der Waals surface area contributed by atoms with E-state index >= 15 is 0 Å². The average molecular weight is 263 g/mol. The number of ether oxygens (including phenoxy) is 1. The molecule has 0 amide bonds. The van der Waals surface area contributed by atoms with Crippen LogP contribution in [0, 0.1) is 5.92 Å². The maximum absolute atomic E-state index is 6.10. The highest BCUT2D eigenvalue weighted by Gasteiger charge is 2.10. The third-order valence-corrected chi connectivity index (χ3v) is 3.17. The molecule has 1 rings (SSSR count). The van der Waals surface area contributed by atoms with Crippen LogP contribution in [0.3, 0.4) is 0 Å². The lowest BCUT2D eigenvalue weighted by atomic mass is 10.2. The van der Waals surface area contributed by atoms with Crippen LogP contribution in [0.25, 0.3) is 0 Å². The number of halogens is 2. The maximum atomic E-state index is 6.10. The second-order valence-corrected chi connectivity index (χ2v) is 4.42. The molecular formula is C11H16Cl2N2O. The van der Waals surface area contributed by atoms with Crippen molar-refractivity contribution in [2.45, 2.75) is 6.92 Å². The normalized spacial score (nSPS) is 12.3. The summed E-state index contributed by atoms with van der Waals surface area (Å²) in [6.07, 6.45) is 0. The van der Waals surface area contributed by atoms with Crippen molar-refractivity contribution in [3.63, 3.8) is 0 Å². The van der Waals surface area contributed by atoms with E-state index in [1.165, 1.54) is 0 Å². The van der Waals surface area contributed by atoms with Crippen molar-refractivity contribution in [2.75, 3.05) is 25.5 Å². The second kappa shape index (κ2) is 6.18. The van der Waals surface area contributed by atoms with Gasteiger partial charge >= 0.3 is 0 Å². The molecule has 0 aliphatic carbocycles. The molecule has 0 bridgehead atoms. The van der Waals surface area contributed by atoms with Crippen molar-refractivity contribution < 1.29 is 4.74 Å². The van der Waals surface area contributed by atoms with Gasteiger partial charge in [-0.1, -0.05) is 30.1 Å². The Labute approximate surface area is 106 Å². The second-order valence-electron chi connectivity index (χ2n) is 3.67. The summed E-state index contributed by atoms with van der Waals surface area (Å²) in [6.45, 7) is 3.46. The van der Waals surface area contributed by atoms with Gasteiger partial charge in [0.2, 0.25) is 0 Å². The minimum Gasteiger partial charge on any atom is -0.495 e. The predicted octanol–water partition coefficient (Wildman–Crippen LogP) is 3.01. The number of nitrogens with two attached hydrogens (primary N) is 1. The molecule has 0 aliphatic heterocycles. The molecule has 0 spiro atoms. The first-order valence-corrected chi connectivity index (χ1v) is 5.81. The Morgan fingerprint density at radius 1 is 1.38 bits per heavy atom. The molecule has 1 aromatic rings. The third kappa shape index (κ3) is 3.17. The van der Waals surface area contributed by atoms with Crippen LogP contribution in [-0.4, -0.2) is 20.2 Å². The Kier molecular flexibility index (Phi) is 5.19. The van der Waals surface area contributed by atoms with Gasteiger partial charge in [-0.3, -0.25) is 0 Å². The summed E-state index contributed by atoms with van der Waals surface area (Å²) in [7, 11) is 1.56. The average Bonchev–Trinajstić information content (AvgIpc) is 2.30. The third-order valence-electron chi connectivity index (χ3n) is 2.31. The van der Waals surface area contributed by atoms with Gasteiger partial charge in [-0.2, -0.15) is 0 Å². The fraction of sp³-hybridized carbons (Fsp3) is 0.455. The molecule has 0 radical (unpaired) electrons. The summed E-state index contributed by atoms with van der Waals surface area (Å²) in [5.74, 6) is 0.959. The van der Waals surface area contributed by atoms with Crippen LogP contribution in [0.5, 0.6) is 5.75 Å². The smallest absolute Gasteiger partial charge is 0.139 e. The van der Waals surface area contributed by atoms with E-state index in [4.69, 9.17) is 33.7 Å². The number of benzene rings is 1. The molecule has 5 heteroatoms. The van der Waals surface area contributed by atoms with Gasteiger partial charge in [0.05, 0.1) is 17.8 Å². The molecule has 0 aromatic heterocycles. The molecule has 3 N–H and O–H groups in total. The molecule has 90 valence electrons. The van der Waals surface area contributed by atoms with E-state index in [1.807, 2.05) is 6.07 Å². The van der Waals surface area contributed by atoms with Crippen molar-refractivity contribution in [1.29, 1.82) is 0 Å². The Morgan fingerprint density at radius 2 is 2.06 bits per heavy atom. The molecule has 0 fully saturated rings. The Bertz CT molecular complexity index is 358. The summed E-state index contributed by atoms with van der Waals surface area (Å²) >= 11 is 12.1. The van der Waals surface area contributed by atoms with Crippen molar-refractivity contribution in [3.8, 4) is 5.75 Å². The Balaban J connectivity index is 2.78. The van der Waals surface area contributed by atoms with Gasteiger partial charge in [0.15, 0.2) is 0 Å². The van der Waals surface area contributed by atoms with E-state index in [9.17, 15) is 0 Å². The van der Waals surface area contributed by atoms with Crippen LogP contribution in [0.4, 0.5) is 5.69 Å². The highest BCUT2D eigenvalue weighted by Crippen LogP contribution is 2.37. The van der Waals surface area contributed by atoms with Gasteiger partial charge in [-0.05, 0) is 24.6 Å². The highest BCUT2D eigenvalue weighted by molar-refractivity contribution is 6.44. The van der Waals surface area contributed by atoms with Gasteiger partial charge < -0.3 is 15.8 Å². The quantitative estimate of drug-likeness (QED) is 0.858. The molecule has 3 nitrogen and oxygen atoms in total. The number of anilines is 1. The number of nitrogens with one attached hydrogen (secondary N) is 1. The van der Waals surface area contributed by atoms with Gasteiger partial charge in [0.25, 0.3) is 0 Å². The van der Waals surface area contributed by atoms with Crippen LogP contribution in [0.1, 0.15) is 6.92 Å². The standard InChI is InChI=1S/C11H16Cl2N2O/c1-7(5-14)6-15-8-3-4-9(16-2)11(13)10(8)12/h3-4,7,15H,5-6,14H2,1-2H3. The lowest BCUT2D eigenvalue weighted by Gasteiger charge is -2.14. The maximum Gasteiger partial charge on any atom is 0.139 e. The molecule has 0 saturated carbocycles. The van der Waals surface area contributed by atoms with Crippen molar-refractivity contribution in [1.82, 2.24) is 0 Å². The lowest BCUT2D eigenvalue weighted by Crippen LogP contribution is -2.19. The van der Waals surface area contributed by atoms with E-state index in [2.05, 4.69) is 12.2 Å². The van der Waals surface area contributed by atoms with Crippen LogP contribution >= 0.6 is 23.2 Å². The molecule has 0 aliphatic rings. The molecule has 16 heavy (non-hydrogen) atoms. The molecular weight excluding hydrogens is 247 g/mol. The van der Waals surface area contributed by atoms with Gasteiger partial charge in [-0.15, -0.1) is 0 Å². The van der Waals surface area contributed by atoms with Gasteiger partial charge in [-0.25, -0.2) is 0 Å². The van der Waals surface area contributed by atoms with E-state index in [0.29, 0.717) is 28.3 Å². The van der Waals surface area contributed by atoms with Crippen molar-refractivity contribution >= 4 is 28.9 Å². The minimum atomic E-state index is 0.386. The van der Waals surface area contributed by atoms with E-state index < -0.39 is 0 Å². The van der Waals surface area contributed by atoms with Crippen molar-refractivity contribution in [2.24, 2.45) is 11.7 Å². The number of methoxy groups -OCH3 is 1. The van der Waals surface area contributed by atoms with Gasteiger partial charge in [0.1, 0.15) is 10.8 Å². The summed E-state index contributed by atoms with van der Waals surface area (Å²) in [5.41, 5.74) is 6.33. The minimum absolute atomic E-state index is 0.386. The number of hydrogen-bond donors (Lipinski definition) is 2. The first-order chi connectivity index (χ1) is 7.60. The fourth-order valence-electron chi connectivity index (χ4n) is 1.19. The highest BCUT2D eigenvalue weighted by atomic mass is 35.5. The number of rotatable bonds is 5. The Hall–Kier alpha value is -0.640. The summed E-state index contributed by atoms with van der Waals surface area (Å²) in [4.78, 5) is 0. The van der Waals surface area contributed by atoms with Crippen LogP contribution in [0.2, 0.25) is 10.0 Å². The summed E-state index contributed by atoms with van der Waals surface area (Å²) in [5, 5.41) is 4.11. The largest absolute Gasteiger partial charge is 0.495 e. The van der Waals surface area contributed by atoms with E-state index in [0.717, 1.165) is 12.2 Å². The monoisotopic (exact) mass is 262 g/mol. The van der Waals surface area contributed by atoms with Crippen molar-refractivity contribution in [3.05, 3.63) is 22.2 Å². The summed E-state index contributed by atoms with van der Waals surface area (Å²) < 4.78 is 5.06. The zero-order valence-corrected chi connectivity index (χ0v) is 10.9. The first kappa shape index (κ1) is 13.4. The zero-order valence-electron chi connectivity index (χ0n) is 9.39. The van der Waals surface area contributed by atoms with Crippen LogP contribution in [0.15, 0.2) is 12.1 Å². The summed E-state index contributed by atoms with van der Waals surface area (Å²) in [6, 6.07) is 3.62. The fourth-order valence-corrected chi connectivity index (χ4v) is 1.66. The Morgan fingerprint density at radius 3 is 2.62 bits per heavy atom. The molecule has 1 atom stereocenters. The topological polar surface area (TPSA) is 47.3 Å². The van der Waals surface area contributed by atoms with Crippen LogP contribution < -0.4 is 15.8 Å². The van der Waals surface area contributed by atoms with E-state index in [1.54, 1.807) is 13.2 Å². The molecule has 0 saturated heterocycles.